The minimum atomic E-state index is 0.729. The van der Waals surface area contributed by atoms with Crippen LogP contribution in [0, 0.1) is 11.8 Å². The summed E-state index contributed by atoms with van der Waals surface area (Å²) in [7, 11) is 2.25. The SMILES string of the molecule is CC(C)[C@H]1CC(c2ccccc2)CN(C)C1. The predicted molar refractivity (Wildman–Crippen MR) is 69.6 cm³/mol. The smallest absolute Gasteiger partial charge is 0.00474 e. The molecule has 0 spiro atoms. The van der Waals surface area contributed by atoms with Crippen LogP contribution in [0.25, 0.3) is 0 Å². The molecule has 1 aromatic rings. The molecule has 16 heavy (non-hydrogen) atoms. The van der Waals surface area contributed by atoms with Crippen molar-refractivity contribution in [2.75, 3.05) is 20.1 Å². The maximum atomic E-state index is 2.49. The fourth-order valence-electron chi connectivity index (χ4n) is 2.82. The molecule has 0 bridgehead atoms. The first kappa shape index (κ1) is 11.7. The first-order valence-corrected chi connectivity index (χ1v) is 6.40. The van der Waals surface area contributed by atoms with Gasteiger partial charge < -0.3 is 4.90 Å². The topological polar surface area (TPSA) is 3.24 Å². The molecule has 1 aliphatic heterocycles. The monoisotopic (exact) mass is 217 g/mol. The number of likely N-dealkylation sites (tertiary alicyclic amines) is 1. The first-order chi connectivity index (χ1) is 7.66. The zero-order chi connectivity index (χ0) is 11.5. The lowest BCUT2D eigenvalue weighted by atomic mass is 9.80. The van der Waals surface area contributed by atoms with Gasteiger partial charge in [0.05, 0.1) is 0 Å². The maximum Gasteiger partial charge on any atom is 0.00474 e. The standard InChI is InChI=1S/C15H23N/c1-12(2)14-9-15(11-16(3)10-14)13-7-5-4-6-8-13/h4-8,12,14-15H,9-11H2,1-3H3/t14-,15?/m0/s1. The highest BCUT2D eigenvalue weighted by Gasteiger charge is 2.27. The van der Waals surface area contributed by atoms with E-state index in [1.165, 1.54) is 25.1 Å². The summed E-state index contributed by atoms with van der Waals surface area (Å²) in [6.45, 7) is 7.19. The van der Waals surface area contributed by atoms with Gasteiger partial charge in [-0.1, -0.05) is 44.2 Å². The van der Waals surface area contributed by atoms with Crippen molar-refractivity contribution in [2.24, 2.45) is 11.8 Å². The Hall–Kier alpha value is -0.820. The molecule has 0 N–H and O–H groups in total. The van der Waals surface area contributed by atoms with Gasteiger partial charge in [0, 0.05) is 13.1 Å². The Bertz CT molecular complexity index is 317. The van der Waals surface area contributed by atoms with Gasteiger partial charge in [-0.2, -0.15) is 0 Å². The molecule has 1 unspecified atom stereocenters. The van der Waals surface area contributed by atoms with E-state index in [9.17, 15) is 0 Å². The number of piperidine rings is 1. The van der Waals surface area contributed by atoms with Crippen LogP contribution in [0.2, 0.25) is 0 Å². The van der Waals surface area contributed by atoms with Crippen LogP contribution in [0.1, 0.15) is 31.7 Å². The van der Waals surface area contributed by atoms with Crippen molar-refractivity contribution < 1.29 is 0 Å². The van der Waals surface area contributed by atoms with Crippen molar-refractivity contribution in [2.45, 2.75) is 26.2 Å². The zero-order valence-corrected chi connectivity index (χ0v) is 10.7. The van der Waals surface area contributed by atoms with Crippen molar-refractivity contribution >= 4 is 0 Å². The summed E-state index contributed by atoms with van der Waals surface area (Å²) < 4.78 is 0. The van der Waals surface area contributed by atoms with Gasteiger partial charge >= 0.3 is 0 Å². The fraction of sp³-hybridized carbons (Fsp3) is 0.600. The zero-order valence-electron chi connectivity index (χ0n) is 10.7. The summed E-state index contributed by atoms with van der Waals surface area (Å²) in [4.78, 5) is 2.49. The molecule has 2 rings (SSSR count). The molecular weight excluding hydrogens is 194 g/mol. The quantitative estimate of drug-likeness (QED) is 0.734. The highest BCUT2D eigenvalue weighted by atomic mass is 15.1. The molecule has 88 valence electrons. The Balaban J connectivity index is 2.11. The molecule has 0 aliphatic carbocycles. The molecule has 1 aliphatic rings. The molecule has 0 radical (unpaired) electrons. The van der Waals surface area contributed by atoms with Gasteiger partial charge in [0.2, 0.25) is 0 Å². The summed E-state index contributed by atoms with van der Waals surface area (Å²) in [5.41, 5.74) is 1.51. The second kappa shape index (κ2) is 5.01. The largest absolute Gasteiger partial charge is 0.305 e. The van der Waals surface area contributed by atoms with Gasteiger partial charge in [0.1, 0.15) is 0 Å². The van der Waals surface area contributed by atoms with Crippen LogP contribution in [-0.4, -0.2) is 25.0 Å². The van der Waals surface area contributed by atoms with Gasteiger partial charge in [0.25, 0.3) is 0 Å². The summed E-state index contributed by atoms with van der Waals surface area (Å²) in [5.74, 6) is 2.38. The number of likely N-dealkylation sites (N-methyl/N-ethyl adjacent to an activating group) is 1. The first-order valence-electron chi connectivity index (χ1n) is 6.40. The van der Waals surface area contributed by atoms with Gasteiger partial charge in [-0.25, -0.2) is 0 Å². The third-order valence-electron chi connectivity index (χ3n) is 3.88. The molecule has 1 nitrogen and oxygen atoms in total. The average molecular weight is 217 g/mol. The summed E-state index contributed by atoms with van der Waals surface area (Å²) >= 11 is 0. The number of benzene rings is 1. The molecule has 0 saturated carbocycles. The van der Waals surface area contributed by atoms with E-state index in [1.807, 2.05) is 0 Å². The Labute approximate surface area is 99.5 Å². The minimum absolute atomic E-state index is 0.729. The van der Waals surface area contributed by atoms with E-state index in [0.717, 1.165) is 17.8 Å². The van der Waals surface area contributed by atoms with E-state index in [4.69, 9.17) is 0 Å². The maximum absolute atomic E-state index is 2.49. The van der Waals surface area contributed by atoms with E-state index in [-0.39, 0.29) is 0 Å². The molecular formula is C15H23N. The van der Waals surface area contributed by atoms with Crippen molar-refractivity contribution in [1.29, 1.82) is 0 Å². The van der Waals surface area contributed by atoms with E-state index in [0.29, 0.717) is 0 Å². The van der Waals surface area contributed by atoms with Crippen LogP contribution >= 0.6 is 0 Å². The molecule has 1 heteroatoms. The predicted octanol–water partition coefficient (Wildman–Crippen LogP) is 3.38. The second-order valence-electron chi connectivity index (χ2n) is 5.57. The highest BCUT2D eigenvalue weighted by Crippen LogP contribution is 2.32. The Morgan fingerprint density at radius 2 is 1.81 bits per heavy atom. The van der Waals surface area contributed by atoms with Gasteiger partial charge in [-0.3, -0.25) is 0 Å². The van der Waals surface area contributed by atoms with E-state index < -0.39 is 0 Å². The highest BCUT2D eigenvalue weighted by molar-refractivity contribution is 5.20. The summed E-state index contributed by atoms with van der Waals surface area (Å²) in [5, 5.41) is 0. The number of hydrogen-bond acceptors (Lipinski definition) is 1. The number of nitrogens with zero attached hydrogens (tertiary/aromatic N) is 1. The van der Waals surface area contributed by atoms with Crippen molar-refractivity contribution in [3.05, 3.63) is 35.9 Å². The van der Waals surface area contributed by atoms with E-state index in [1.54, 1.807) is 0 Å². The lowest BCUT2D eigenvalue weighted by molar-refractivity contribution is 0.153. The van der Waals surface area contributed by atoms with E-state index >= 15 is 0 Å². The van der Waals surface area contributed by atoms with Gasteiger partial charge in [-0.15, -0.1) is 0 Å². The lowest BCUT2D eigenvalue weighted by Crippen LogP contribution is -2.38. The van der Waals surface area contributed by atoms with Gasteiger partial charge in [0.15, 0.2) is 0 Å². The number of rotatable bonds is 2. The Morgan fingerprint density at radius 3 is 2.44 bits per heavy atom. The molecule has 0 amide bonds. The molecule has 1 saturated heterocycles. The van der Waals surface area contributed by atoms with Crippen LogP contribution in [-0.2, 0) is 0 Å². The van der Waals surface area contributed by atoms with Crippen molar-refractivity contribution in [3.63, 3.8) is 0 Å². The summed E-state index contributed by atoms with van der Waals surface area (Å²) in [6.07, 6.45) is 1.35. The number of hydrogen-bond donors (Lipinski definition) is 0. The van der Waals surface area contributed by atoms with Crippen LogP contribution in [0.5, 0.6) is 0 Å². The molecule has 1 heterocycles. The van der Waals surface area contributed by atoms with Crippen molar-refractivity contribution in [3.8, 4) is 0 Å². The minimum Gasteiger partial charge on any atom is -0.305 e. The van der Waals surface area contributed by atoms with Gasteiger partial charge in [-0.05, 0) is 36.8 Å². The Morgan fingerprint density at radius 1 is 1.12 bits per heavy atom. The van der Waals surface area contributed by atoms with Crippen LogP contribution in [0.15, 0.2) is 30.3 Å². The van der Waals surface area contributed by atoms with Crippen LogP contribution in [0.4, 0.5) is 0 Å². The molecule has 1 aromatic carbocycles. The lowest BCUT2D eigenvalue weighted by Gasteiger charge is -2.37. The summed E-state index contributed by atoms with van der Waals surface area (Å²) in [6, 6.07) is 11.0. The van der Waals surface area contributed by atoms with E-state index in [2.05, 4.69) is 56.1 Å². The fourth-order valence-corrected chi connectivity index (χ4v) is 2.82. The normalized spacial score (nSPS) is 27.2. The second-order valence-corrected chi connectivity index (χ2v) is 5.57. The third kappa shape index (κ3) is 2.65. The van der Waals surface area contributed by atoms with Crippen molar-refractivity contribution in [1.82, 2.24) is 4.90 Å². The molecule has 1 fully saturated rings. The third-order valence-corrected chi connectivity index (χ3v) is 3.88. The van der Waals surface area contributed by atoms with Crippen LogP contribution < -0.4 is 0 Å². The molecule has 2 atom stereocenters. The molecule has 0 aromatic heterocycles. The average Bonchev–Trinajstić information content (AvgIpc) is 2.29. The Kier molecular flexibility index (Phi) is 3.65. The van der Waals surface area contributed by atoms with Crippen LogP contribution in [0.3, 0.4) is 0 Å².